The smallest absolute Gasteiger partial charge is 0.237 e. The number of amides is 1. The van der Waals surface area contributed by atoms with Crippen LogP contribution >= 0.6 is 11.3 Å². The summed E-state index contributed by atoms with van der Waals surface area (Å²) in [5.41, 5.74) is 7.03. The Morgan fingerprint density at radius 1 is 1.50 bits per heavy atom. The molecule has 16 heavy (non-hydrogen) atoms. The van der Waals surface area contributed by atoms with Gasteiger partial charge >= 0.3 is 0 Å². The third-order valence-electron chi connectivity index (χ3n) is 2.67. The second-order valence-corrected chi connectivity index (χ2v) is 5.78. The molecule has 1 aromatic rings. The highest BCUT2D eigenvalue weighted by Gasteiger charge is 2.16. The maximum atomic E-state index is 11.6. The van der Waals surface area contributed by atoms with E-state index in [1.807, 2.05) is 13.8 Å². The molecule has 3 N–H and O–H groups in total. The number of hydrogen-bond donors (Lipinski definition) is 2. The van der Waals surface area contributed by atoms with Crippen LogP contribution in [0, 0.1) is 19.8 Å². The Kier molecular flexibility index (Phi) is 4.50. The monoisotopic (exact) mass is 240 g/mol. The van der Waals surface area contributed by atoms with Crippen LogP contribution < -0.4 is 11.1 Å². The molecule has 1 atom stereocenters. The number of nitrogens with two attached hydrogens (primary N) is 1. The second-order valence-electron chi connectivity index (χ2n) is 4.44. The fourth-order valence-corrected chi connectivity index (χ4v) is 2.32. The van der Waals surface area contributed by atoms with E-state index >= 15 is 0 Å². The van der Waals surface area contributed by atoms with E-state index in [0.29, 0.717) is 6.54 Å². The Morgan fingerprint density at radius 2 is 2.12 bits per heavy atom. The summed E-state index contributed by atoms with van der Waals surface area (Å²) in [6, 6.07) is 1.70. The summed E-state index contributed by atoms with van der Waals surface area (Å²) < 4.78 is 0. The maximum absolute atomic E-state index is 11.6. The summed E-state index contributed by atoms with van der Waals surface area (Å²) in [6.45, 7) is 8.65. The van der Waals surface area contributed by atoms with E-state index in [-0.39, 0.29) is 11.8 Å². The summed E-state index contributed by atoms with van der Waals surface area (Å²) in [7, 11) is 0. The minimum Gasteiger partial charge on any atom is -0.350 e. The van der Waals surface area contributed by atoms with E-state index in [4.69, 9.17) is 5.73 Å². The molecule has 4 heteroatoms. The van der Waals surface area contributed by atoms with Crippen LogP contribution in [0.5, 0.6) is 0 Å². The fraction of sp³-hybridized carbons (Fsp3) is 0.583. The Balaban J connectivity index is 2.49. The first kappa shape index (κ1) is 13.2. The van der Waals surface area contributed by atoms with Crippen molar-refractivity contribution in [2.45, 2.75) is 40.3 Å². The normalized spacial score (nSPS) is 12.9. The number of carbonyl (C=O) groups is 1. The van der Waals surface area contributed by atoms with Gasteiger partial charge in [0.05, 0.1) is 12.6 Å². The molecular weight excluding hydrogens is 220 g/mol. The van der Waals surface area contributed by atoms with Gasteiger partial charge in [-0.3, -0.25) is 4.79 Å². The Morgan fingerprint density at radius 3 is 2.56 bits per heavy atom. The second kappa shape index (κ2) is 5.46. The number of hydrogen-bond acceptors (Lipinski definition) is 3. The lowest BCUT2D eigenvalue weighted by Gasteiger charge is -2.14. The van der Waals surface area contributed by atoms with Crippen LogP contribution in [-0.2, 0) is 11.3 Å². The third-order valence-corrected chi connectivity index (χ3v) is 3.83. The van der Waals surface area contributed by atoms with Gasteiger partial charge in [-0.2, -0.15) is 0 Å². The van der Waals surface area contributed by atoms with Gasteiger partial charge in [0.2, 0.25) is 5.91 Å². The van der Waals surface area contributed by atoms with Crippen molar-refractivity contribution in [3.05, 3.63) is 21.4 Å². The van der Waals surface area contributed by atoms with Crippen molar-refractivity contribution >= 4 is 17.2 Å². The molecule has 1 aromatic heterocycles. The summed E-state index contributed by atoms with van der Waals surface area (Å²) in [6.07, 6.45) is 0. The van der Waals surface area contributed by atoms with Gasteiger partial charge < -0.3 is 11.1 Å². The fourth-order valence-electron chi connectivity index (χ4n) is 1.33. The lowest BCUT2D eigenvalue weighted by atomic mass is 10.1. The summed E-state index contributed by atoms with van der Waals surface area (Å²) >= 11 is 1.72. The standard InChI is InChI=1S/C12H20N2OS/c1-7(2)11(13)12(15)14-6-10-5-8(3)9(4)16-10/h5,7,11H,6,13H2,1-4H3,(H,14,15)/t11-/m1/s1. The van der Waals surface area contributed by atoms with E-state index in [9.17, 15) is 4.79 Å². The van der Waals surface area contributed by atoms with Crippen molar-refractivity contribution in [1.29, 1.82) is 0 Å². The zero-order valence-electron chi connectivity index (χ0n) is 10.3. The van der Waals surface area contributed by atoms with Crippen LogP contribution in [0.3, 0.4) is 0 Å². The topological polar surface area (TPSA) is 55.1 Å². The van der Waals surface area contributed by atoms with Crippen molar-refractivity contribution < 1.29 is 4.79 Å². The van der Waals surface area contributed by atoms with Crippen molar-refractivity contribution in [3.63, 3.8) is 0 Å². The van der Waals surface area contributed by atoms with Gasteiger partial charge in [0.1, 0.15) is 0 Å². The molecule has 0 spiro atoms. The lowest BCUT2D eigenvalue weighted by Crippen LogP contribution is -2.43. The molecule has 1 rings (SSSR count). The Hall–Kier alpha value is -0.870. The largest absolute Gasteiger partial charge is 0.350 e. The van der Waals surface area contributed by atoms with Gasteiger partial charge in [-0.1, -0.05) is 13.8 Å². The molecule has 0 bridgehead atoms. The van der Waals surface area contributed by atoms with Gasteiger partial charge in [0.15, 0.2) is 0 Å². The van der Waals surface area contributed by atoms with Crippen LogP contribution in [0.15, 0.2) is 6.07 Å². The van der Waals surface area contributed by atoms with Crippen molar-refractivity contribution in [2.75, 3.05) is 0 Å². The molecule has 90 valence electrons. The van der Waals surface area contributed by atoms with Crippen LogP contribution in [-0.4, -0.2) is 11.9 Å². The predicted octanol–water partition coefficient (Wildman–Crippen LogP) is 1.96. The van der Waals surface area contributed by atoms with Crippen LogP contribution in [0.4, 0.5) is 0 Å². The summed E-state index contributed by atoms with van der Waals surface area (Å²) in [4.78, 5) is 14.1. The number of thiophene rings is 1. The molecule has 1 amide bonds. The Labute approximate surface area is 101 Å². The first-order valence-electron chi connectivity index (χ1n) is 5.51. The van der Waals surface area contributed by atoms with E-state index in [2.05, 4.69) is 25.2 Å². The zero-order chi connectivity index (χ0) is 12.3. The third kappa shape index (κ3) is 3.32. The van der Waals surface area contributed by atoms with Crippen LogP contribution in [0.1, 0.15) is 29.2 Å². The number of nitrogens with one attached hydrogen (secondary N) is 1. The van der Waals surface area contributed by atoms with Crippen molar-refractivity contribution in [3.8, 4) is 0 Å². The SMILES string of the molecule is Cc1cc(CNC(=O)[C@H](N)C(C)C)sc1C. The maximum Gasteiger partial charge on any atom is 0.237 e. The lowest BCUT2D eigenvalue weighted by molar-refractivity contribution is -0.123. The van der Waals surface area contributed by atoms with Gasteiger partial charge in [-0.05, 0) is 31.4 Å². The molecule has 3 nitrogen and oxygen atoms in total. The van der Waals surface area contributed by atoms with Crippen molar-refractivity contribution in [2.24, 2.45) is 11.7 Å². The molecule has 0 unspecified atom stereocenters. The highest BCUT2D eigenvalue weighted by atomic mass is 32.1. The number of carbonyl (C=O) groups excluding carboxylic acids is 1. The number of rotatable bonds is 4. The van der Waals surface area contributed by atoms with Crippen molar-refractivity contribution in [1.82, 2.24) is 5.32 Å². The zero-order valence-corrected chi connectivity index (χ0v) is 11.1. The predicted molar refractivity (Wildman–Crippen MR) is 68.5 cm³/mol. The first-order valence-corrected chi connectivity index (χ1v) is 6.32. The van der Waals surface area contributed by atoms with Gasteiger partial charge in [-0.15, -0.1) is 11.3 Å². The van der Waals surface area contributed by atoms with Crippen LogP contribution in [0.25, 0.3) is 0 Å². The summed E-state index contributed by atoms with van der Waals surface area (Å²) in [5, 5.41) is 2.87. The quantitative estimate of drug-likeness (QED) is 0.845. The molecule has 0 aliphatic rings. The molecule has 0 aromatic carbocycles. The van der Waals surface area contributed by atoms with E-state index in [1.54, 1.807) is 11.3 Å². The van der Waals surface area contributed by atoms with Gasteiger partial charge in [0.25, 0.3) is 0 Å². The van der Waals surface area contributed by atoms with Gasteiger partial charge in [-0.25, -0.2) is 0 Å². The molecule has 0 aliphatic heterocycles. The molecule has 0 aliphatic carbocycles. The van der Waals surface area contributed by atoms with E-state index < -0.39 is 6.04 Å². The molecule has 0 saturated heterocycles. The highest BCUT2D eigenvalue weighted by molar-refractivity contribution is 7.12. The minimum atomic E-state index is -0.415. The number of aryl methyl sites for hydroxylation is 2. The van der Waals surface area contributed by atoms with E-state index in [0.717, 1.165) is 0 Å². The molecule has 0 fully saturated rings. The Bertz CT molecular complexity index is 352. The molecular formula is C12H20N2OS. The van der Waals surface area contributed by atoms with Gasteiger partial charge in [0, 0.05) is 9.75 Å². The first-order chi connectivity index (χ1) is 7.41. The molecule has 0 saturated carbocycles. The minimum absolute atomic E-state index is 0.0706. The average Bonchev–Trinajstić information content (AvgIpc) is 2.53. The average molecular weight is 240 g/mol. The molecule has 0 radical (unpaired) electrons. The van der Waals surface area contributed by atoms with E-state index in [1.165, 1.54) is 15.3 Å². The molecule has 1 heterocycles. The van der Waals surface area contributed by atoms with Crippen LogP contribution in [0.2, 0.25) is 0 Å². The summed E-state index contributed by atoms with van der Waals surface area (Å²) in [5.74, 6) is 0.102. The highest BCUT2D eigenvalue weighted by Crippen LogP contribution is 2.20.